The van der Waals surface area contributed by atoms with Gasteiger partial charge >= 0.3 is 0 Å². The molecule has 1 fully saturated rings. The van der Waals surface area contributed by atoms with Crippen LogP contribution in [-0.4, -0.2) is 12.4 Å². The number of rotatable bonds is 3. The fourth-order valence-corrected chi connectivity index (χ4v) is 3.50. The van der Waals surface area contributed by atoms with Gasteiger partial charge < -0.3 is 10.5 Å². The Kier molecular flexibility index (Phi) is 3.99. The maximum atomic E-state index is 5.85. The van der Waals surface area contributed by atoms with Crippen LogP contribution in [0.2, 0.25) is 0 Å². The molecule has 1 saturated carbocycles. The molecule has 1 aliphatic rings. The molecule has 1 aromatic carbocycles. The lowest BCUT2D eigenvalue weighted by atomic mass is 10.0. The first kappa shape index (κ1) is 11.6. The minimum atomic E-state index is 0.764. The predicted molar refractivity (Wildman–Crippen MR) is 70.1 cm³/mol. The molecule has 0 aliphatic heterocycles. The Morgan fingerprint density at radius 1 is 1.19 bits per heavy atom. The van der Waals surface area contributed by atoms with Gasteiger partial charge in [-0.1, -0.05) is 19.3 Å². The van der Waals surface area contributed by atoms with E-state index in [1.165, 1.54) is 37.0 Å². The van der Waals surface area contributed by atoms with Crippen molar-refractivity contribution in [1.82, 2.24) is 0 Å². The minimum absolute atomic E-state index is 0.764. The number of anilines is 1. The van der Waals surface area contributed by atoms with Crippen molar-refractivity contribution >= 4 is 17.4 Å². The van der Waals surface area contributed by atoms with Gasteiger partial charge in [-0.3, -0.25) is 0 Å². The van der Waals surface area contributed by atoms with E-state index in [9.17, 15) is 0 Å². The number of thioether (sulfide) groups is 1. The summed E-state index contributed by atoms with van der Waals surface area (Å²) in [6.45, 7) is 0. The number of nitrogen functional groups attached to an aromatic ring is 1. The quantitative estimate of drug-likeness (QED) is 0.814. The molecule has 16 heavy (non-hydrogen) atoms. The van der Waals surface area contributed by atoms with Crippen LogP contribution in [0.25, 0.3) is 0 Å². The van der Waals surface area contributed by atoms with Gasteiger partial charge in [-0.2, -0.15) is 0 Å². The van der Waals surface area contributed by atoms with E-state index in [1.54, 1.807) is 7.11 Å². The highest BCUT2D eigenvalue weighted by Gasteiger charge is 2.15. The normalized spacial score (nSPS) is 17.3. The molecule has 2 nitrogen and oxygen atoms in total. The van der Waals surface area contributed by atoms with Gasteiger partial charge in [0.25, 0.3) is 0 Å². The summed E-state index contributed by atoms with van der Waals surface area (Å²) < 4.78 is 5.23. The Morgan fingerprint density at radius 2 is 1.94 bits per heavy atom. The van der Waals surface area contributed by atoms with Crippen LogP contribution >= 0.6 is 11.8 Å². The van der Waals surface area contributed by atoms with Crippen LogP contribution < -0.4 is 10.5 Å². The van der Waals surface area contributed by atoms with E-state index in [-0.39, 0.29) is 0 Å². The van der Waals surface area contributed by atoms with Crippen molar-refractivity contribution in [1.29, 1.82) is 0 Å². The van der Waals surface area contributed by atoms with Crippen LogP contribution in [0.1, 0.15) is 32.1 Å². The molecular weight excluding hydrogens is 218 g/mol. The summed E-state index contributed by atoms with van der Waals surface area (Å²) in [7, 11) is 1.68. The number of hydrogen-bond acceptors (Lipinski definition) is 3. The van der Waals surface area contributed by atoms with Gasteiger partial charge in [0, 0.05) is 21.9 Å². The van der Waals surface area contributed by atoms with E-state index in [0.29, 0.717) is 0 Å². The van der Waals surface area contributed by atoms with Crippen LogP contribution in [0.15, 0.2) is 23.1 Å². The van der Waals surface area contributed by atoms with Crippen LogP contribution in [0.5, 0.6) is 5.75 Å². The first-order valence-corrected chi connectivity index (χ1v) is 6.77. The highest BCUT2D eigenvalue weighted by molar-refractivity contribution is 8.00. The monoisotopic (exact) mass is 237 g/mol. The Bertz CT molecular complexity index is 348. The number of nitrogens with two attached hydrogens (primary N) is 1. The van der Waals surface area contributed by atoms with E-state index in [1.807, 2.05) is 23.9 Å². The van der Waals surface area contributed by atoms with E-state index in [0.717, 1.165) is 16.7 Å². The Labute approximate surface area is 102 Å². The number of benzene rings is 1. The van der Waals surface area contributed by atoms with Gasteiger partial charge in [0.1, 0.15) is 5.75 Å². The van der Waals surface area contributed by atoms with E-state index >= 15 is 0 Å². The van der Waals surface area contributed by atoms with Crippen molar-refractivity contribution < 1.29 is 4.74 Å². The SMILES string of the molecule is COc1cc(N)cc(SC2CCCCC2)c1. The van der Waals surface area contributed by atoms with Crippen molar-refractivity contribution in [2.75, 3.05) is 12.8 Å². The molecule has 1 aromatic rings. The molecule has 1 aliphatic carbocycles. The molecular formula is C13H19NOS. The predicted octanol–water partition coefficient (Wildman–Crippen LogP) is 3.70. The summed E-state index contributed by atoms with van der Waals surface area (Å²) in [6, 6.07) is 5.99. The molecule has 0 aromatic heterocycles. The Hall–Kier alpha value is -0.830. The van der Waals surface area contributed by atoms with Crippen molar-refractivity contribution in [2.24, 2.45) is 0 Å². The average molecular weight is 237 g/mol. The minimum Gasteiger partial charge on any atom is -0.497 e. The number of ether oxygens (including phenoxy) is 1. The fraction of sp³-hybridized carbons (Fsp3) is 0.538. The number of hydrogen-bond donors (Lipinski definition) is 1. The van der Waals surface area contributed by atoms with Crippen molar-refractivity contribution in [3.63, 3.8) is 0 Å². The third-order valence-corrected chi connectivity index (χ3v) is 4.31. The summed E-state index contributed by atoms with van der Waals surface area (Å²) in [5, 5.41) is 0.764. The molecule has 0 bridgehead atoms. The maximum Gasteiger partial charge on any atom is 0.122 e. The summed E-state index contributed by atoms with van der Waals surface area (Å²) >= 11 is 1.95. The van der Waals surface area contributed by atoms with Gasteiger partial charge in [0.05, 0.1) is 7.11 Å². The lowest BCUT2D eigenvalue weighted by Crippen LogP contribution is -2.07. The zero-order chi connectivity index (χ0) is 11.4. The first-order chi connectivity index (χ1) is 7.78. The van der Waals surface area contributed by atoms with E-state index < -0.39 is 0 Å². The number of methoxy groups -OCH3 is 1. The fourth-order valence-electron chi connectivity index (χ4n) is 2.16. The standard InChI is InChI=1S/C13H19NOS/c1-15-11-7-10(14)8-13(9-11)16-12-5-3-2-4-6-12/h7-9,12H,2-6,14H2,1H3. The third kappa shape index (κ3) is 3.08. The Morgan fingerprint density at radius 3 is 2.62 bits per heavy atom. The molecule has 0 atom stereocenters. The maximum absolute atomic E-state index is 5.85. The summed E-state index contributed by atoms with van der Waals surface area (Å²) in [4.78, 5) is 1.24. The molecule has 2 rings (SSSR count). The topological polar surface area (TPSA) is 35.2 Å². The van der Waals surface area contributed by atoms with Crippen LogP contribution in [0.3, 0.4) is 0 Å². The van der Waals surface area contributed by atoms with Gasteiger partial charge in [-0.05, 0) is 25.0 Å². The average Bonchev–Trinajstić information content (AvgIpc) is 2.29. The molecule has 3 heteroatoms. The first-order valence-electron chi connectivity index (χ1n) is 5.89. The highest BCUT2D eigenvalue weighted by atomic mass is 32.2. The largest absolute Gasteiger partial charge is 0.497 e. The van der Waals surface area contributed by atoms with Crippen LogP contribution in [-0.2, 0) is 0 Å². The van der Waals surface area contributed by atoms with Crippen molar-refractivity contribution in [2.45, 2.75) is 42.2 Å². The Balaban J connectivity index is 2.04. The van der Waals surface area contributed by atoms with E-state index in [2.05, 4.69) is 6.07 Å². The zero-order valence-corrected chi connectivity index (χ0v) is 10.6. The van der Waals surface area contributed by atoms with Gasteiger partial charge in [0.15, 0.2) is 0 Å². The van der Waals surface area contributed by atoms with Gasteiger partial charge in [0.2, 0.25) is 0 Å². The highest BCUT2D eigenvalue weighted by Crippen LogP contribution is 2.35. The van der Waals surface area contributed by atoms with Crippen molar-refractivity contribution in [3.05, 3.63) is 18.2 Å². The van der Waals surface area contributed by atoms with Crippen LogP contribution in [0.4, 0.5) is 5.69 Å². The molecule has 88 valence electrons. The van der Waals surface area contributed by atoms with Crippen molar-refractivity contribution in [3.8, 4) is 5.75 Å². The summed E-state index contributed by atoms with van der Waals surface area (Å²) in [5.41, 5.74) is 6.64. The summed E-state index contributed by atoms with van der Waals surface area (Å²) in [6.07, 6.45) is 6.81. The van der Waals surface area contributed by atoms with E-state index in [4.69, 9.17) is 10.5 Å². The third-order valence-electron chi connectivity index (χ3n) is 2.99. The molecule has 2 N–H and O–H groups in total. The molecule has 0 radical (unpaired) electrons. The second-order valence-electron chi connectivity index (χ2n) is 4.32. The second-order valence-corrected chi connectivity index (χ2v) is 5.69. The van der Waals surface area contributed by atoms with Crippen LogP contribution in [0, 0.1) is 0 Å². The zero-order valence-electron chi connectivity index (χ0n) is 9.74. The molecule has 0 amide bonds. The molecule has 0 unspecified atom stereocenters. The van der Waals surface area contributed by atoms with Gasteiger partial charge in [-0.15, -0.1) is 11.8 Å². The lowest BCUT2D eigenvalue weighted by molar-refractivity contribution is 0.414. The summed E-state index contributed by atoms with van der Waals surface area (Å²) in [5.74, 6) is 0.860. The van der Waals surface area contributed by atoms with Gasteiger partial charge in [-0.25, -0.2) is 0 Å². The molecule has 0 saturated heterocycles. The lowest BCUT2D eigenvalue weighted by Gasteiger charge is -2.21. The smallest absolute Gasteiger partial charge is 0.122 e. The molecule has 0 heterocycles. The second kappa shape index (κ2) is 5.48. The molecule has 0 spiro atoms.